The van der Waals surface area contributed by atoms with Crippen molar-refractivity contribution in [2.75, 3.05) is 7.11 Å². The minimum atomic E-state index is -0.789. The largest absolute Gasteiger partial charge is 0.519 e. The summed E-state index contributed by atoms with van der Waals surface area (Å²) in [6.07, 6.45) is 2.39. The second-order valence-corrected chi connectivity index (χ2v) is 9.02. The van der Waals surface area contributed by atoms with E-state index in [2.05, 4.69) is 58.0 Å². The Balaban J connectivity index is 1.73. The summed E-state index contributed by atoms with van der Waals surface area (Å²) in [6.45, 7) is 10.6. The van der Waals surface area contributed by atoms with Gasteiger partial charge in [-0.1, -0.05) is 75.2 Å². The molecule has 0 aliphatic rings. The number of aryl methyl sites for hydroxylation is 3. The lowest BCUT2D eigenvalue weighted by Crippen LogP contribution is -2.20. The molecule has 0 aromatic heterocycles. The number of carbonyl (C=O) groups is 1. The molecule has 0 aliphatic heterocycles. The van der Waals surface area contributed by atoms with Crippen LogP contribution in [0.1, 0.15) is 61.4 Å². The van der Waals surface area contributed by atoms with Crippen LogP contribution in [0, 0.1) is 13.8 Å². The fraction of sp³-hybridized carbons (Fsp3) is 0.345. The van der Waals surface area contributed by atoms with Crippen molar-refractivity contribution in [1.29, 1.82) is 0 Å². The van der Waals surface area contributed by atoms with Gasteiger partial charge in [-0.3, -0.25) is 0 Å². The normalized spacial score (nSPS) is 11.2. The van der Waals surface area contributed by atoms with E-state index in [1.807, 2.05) is 31.2 Å². The van der Waals surface area contributed by atoms with Gasteiger partial charge in [-0.05, 0) is 67.1 Å². The second-order valence-electron chi connectivity index (χ2n) is 9.02. The molecule has 0 fully saturated rings. The van der Waals surface area contributed by atoms with E-state index >= 15 is 0 Å². The highest BCUT2D eigenvalue weighted by molar-refractivity contribution is 5.69. The van der Waals surface area contributed by atoms with Crippen molar-refractivity contribution in [1.82, 2.24) is 0 Å². The summed E-state index contributed by atoms with van der Waals surface area (Å²) in [5.74, 6) is 1.34. The maximum atomic E-state index is 12.5. The van der Waals surface area contributed by atoms with Gasteiger partial charge in [-0.2, -0.15) is 0 Å². The van der Waals surface area contributed by atoms with Gasteiger partial charge < -0.3 is 14.2 Å². The van der Waals surface area contributed by atoms with Gasteiger partial charge in [0.15, 0.2) is 11.5 Å². The molecule has 4 heteroatoms. The summed E-state index contributed by atoms with van der Waals surface area (Å²) in [5, 5.41) is 0. The van der Waals surface area contributed by atoms with E-state index in [4.69, 9.17) is 14.2 Å². The molecule has 0 unspecified atom stereocenters. The molecule has 0 spiro atoms. The van der Waals surface area contributed by atoms with Crippen LogP contribution in [-0.4, -0.2) is 13.3 Å². The van der Waals surface area contributed by atoms with Crippen molar-refractivity contribution in [3.63, 3.8) is 0 Å². The number of rotatable bonds is 8. The zero-order chi connectivity index (χ0) is 24.0. The van der Waals surface area contributed by atoms with Gasteiger partial charge in [-0.25, -0.2) is 4.79 Å². The number of hydrogen-bond acceptors (Lipinski definition) is 4. The highest BCUT2D eigenvalue weighted by Crippen LogP contribution is 2.35. The molecular weight excluding hydrogens is 412 g/mol. The number of methoxy groups -OCH3 is 1. The van der Waals surface area contributed by atoms with Crippen molar-refractivity contribution in [3.8, 4) is 17.2 Å². The average molecular weight is 447 g/mol. The van der Waals surface area contributed by atoms with Crippen LogP contribution in [0.3, 0.4) is 0 Å². The lowest BCUT2D eigenvalue weighted by atomic mass is 9.77. The Morgan fingerprint density at radius 1 is 0.848 bits per heavy atom. The predicted octanol–water partition coefficient (Wildman–Crippen LogP) is 7.56. The van der Waals surface area contributed by atoms with Gasteiger partial charge in [0, 0.05) is 5.41 Å². The summed E-state index contributed by atoms with van der Waals surface area (Å²) in [7, 11) is 1.57. The van der Waals surface area contributed by atoms with E-state index in [9.17, 15) is 4.79 Å². The van der Waals surface area contributed by atoms with Gasteiger partial charge >= 0.3 is 6.16 Å². The molecule has 0 amide bonds. The standard InChI is InChI=1S/C29H34O4/c1-7-8-11-22-13-15-26(27(19-22)31-6)33-28(30)32-25-16-14-24(18-21(25)3)29(4,5)23-12-9-10-20(2)17-23/h9-10,12-19H,7-8,11H2,1-6H3. The average Bonchev–Trinajstić information content (AvgIpc) is 2.79. The van der Waals surface area contributed by atoms with Crippen molar-refractivity contribution < 1.29 is 19.0 Å². The van der Waals surface area contributed by atoms with Crippen LogP contribution in [0.4, 0.5) is 4.79 Å². The van der Waals surface area contributed by atoms with Gasteiger partial charge in [-0.15, -0.1) is 0 Å². The van der Waals surface area contributed by atoms with Gasteiger partial charge in [0.1, 0.15) is 5.75 Å². The zero-order valence-corrected chi connectivity index (χ0v) is 20.5. The molecule has 3 aromatic carbocycles. The fourth-order valence-corrected chi connectivity index (χ4v) is 3.89. The van der Waals surface area contributed by atoms with Gasteiger partial charge in [0.2, 0.25) is 0 Å². The minimum Gasteiger partial charge on any atom is -0.493 e. The number of ether oxygens (including phenoxy) is 3. The molecule has 0 aliphatic carbocycles. The molecule has 174 valence electrons. The van der Waals surface area contributed by atoms with Crippen LogP contribution < -0.4 is 14.2 Å². The van der Waals surface area contributed by atoms with Crippen LogP contribution in [0.25, 0.3) is 0 Å². The molecular formula is C29H34O4. The Kier molecular flexibility index (Phi) is 7.80. The first kappa shape index (κ1) is 24.4. The Bertz CT molecular complexity index is 1110. The second kappa shape index (κ2) is 10.6. The maximum Gasteiger partial charge on any atom is 0.519 e. The molecule has 0 saturated heterocycles. The Labute approximate surface area is 197 Å². The van der Waals surface area contributed by atoms with Crippen LogP contribution >= 0.6 is 0 Å². The van der Waals surface area contributed by atoms with E-state index in [1.54, 1.807) is 13.2 Å². The SMILES string of the molecule is CCCCc1ccc(OC(=O)Oc2ccc(C(C)(C)c3cccc(C)c3)cc2C)c(OC)c1. The van der Waals surface area contributed by atoms with E-state index in [-0.39, 0.29) is 5.41 Å². The quantitative estimate of drug-likeness (QED) is 0.264. The lowest BCUT2D eigenvalue weighted by molar-refractivity contribution is 0.150. The monoisotopic (exact) mass is 446 g/mol. The molecule has 0 N–H and O–H groups in total. The van der Waals surface area contributed by atoms with E-state index in [0.717, 1.165) is 36.0 Å². The van der Waals surface area contributed by atoms with E-state index < -0.39 is 6.16 Å². The van der Waals surface area contributed by atoms with Crippen LogP contribution in [0.2, 0.25) is 0 Å². The molecule has 0 atom stereocenters. The molecule has 4 nitrogen and oxygen atoms in total. The van der Waals surface area contributed by atoms with E-state index in [1.165, 1.54) is 11.1 Å². The van der Waals surface area contributed by atoms with Crippen molar-refractivity contribution in [3.05, 3.63) is 88.5 Å². The van der Waals surface area contributed by atoms with Crippen LogP contribution in [0.5, 0.6) is 17.2 Å². The van der Waals surface area contributed by atoms with Crippen LogP contribution in [0.15, 0.2) is 60.7 Å². The Morgan fingerprint density at radius 3 is 2.21 bits per heavy atom. The van der Waals surface area contributed by atoms with Crippen molar-refractivity contribution >= 4 is 6.16 Å². The Hall–Kier alpha value is -3.27. The summed E-state index contributed by atoms with van der Waals surface area (Å²) < 4.78 is 16.4. The summed E-state index contributed by atoms with van der Waals surface area (Å²) in [5.41, 5.74) is 5.46. The fourth-order valence-electron chi connectivity index (χ4n) is 3.89. The smallest absolute Gasteiger partial charge is 0.493 e. The molecule has 0 radical (unpaired) electrons. The molecule has 3 rings (SSSR count). The summed E-state index contributed by atoms with van der Waals surface area (Å²) in [6, 6.07) is 20.0. The van der Waals surface area contributed by atoms with Gasteiger partial charge in [0.05, 0.1) is 7.11 Å². The number of hydrogen-bond donors (Lipinski definition) is 0. The molecule has 3 aromatic rings. The Morgan fingerprint density at radius 2 is 1.55 bits per heavy atom. The van der Waals surface area contributed by atoms with Crippen molar-refractivity contribution in [2.24, 2.45) is 0 Å². The number of unbranched alkanes of at least 4 members (excludes halogenated alkanes) is 1. The third-order valence-electron chi connectivity index (χ3n) is 6.07. The highest BCUT2D eigenvalue weighted by Gasteiger charge is 2.24. The van der Waals surface area contributed by atoms with Crippen molar-refractivity contribution in [2.45, 2.75) is 59.3 Å². The minimum absolute atomic E-state index is 0.178. The predicted molar refractivity (Wildman–Crippen MR) is 133 cm³/mol. The first-order valence-corrected chi connectivity index (χ1v) is 11.5. The highest BCUT2D eigenvalue weighted by atomic mass is 16.7. The third kappa shape index (κ3) is 5.95. The molecule has 33 heavy (non-hydrogen) atoms. The molecule has 0 bridgehead atoms. The number of carbonyl (C=O) groups excluding carboxylic acids is 1. The first-order chi connectivity index (χ1) is 15.7. The van der Waals surface area contributed by atoms with Crippen LogP contribution in [-0.2, 0) is 11.8 Å². The topological polar surface area (TPSA) is 44.8 Å². The van der Waals surface area contributed by atoms with E-state index in [0.29, 0.717) is 17.2 Å². The summed E-state index contributed by atoms with van der Waals surface area (Å²) >= 11 is 0. The van der Waals surface area contributed by atoms with Gasteiger partial charge in [0.25, 0.3) is 0 Å². The molecule has 0 saturated carbocycles. The zero-order valence-electron chi connectivity index (χ0n) is 20.5. The maximum absolute atomic E-state index is 12.5. The number of benzene rings is 3. The first-order valence-electron chi connectivity index (χ1n) is 11.5. The summed E-state index contributed by atoms with van der Waals surface area (Å²) in [4.78, 5) is 12.5. The third-order valence-corrected chi connectivity index (χ3v) is 6.07. The lowest BCUT2D eigenvalue weighted by Gasteiger charge is -2.27. The molecule has 0 heterocycles.